The number of fused-ring (bicyclic) bond motifs is 8. The molecule has 15 aromatic rings. The number of nitrogens with one attached hydrogen (secondary N) is 2. The predicted molar refractivity (Wildman–Crippen MR) is 485 cm³/mol. The van der Waals surface area contributed by atoms with Crippen molar-refractivity contribution >= 4 is 115 Å². The van der Waals surface area contributed by atoms with E-state index >= 15 is 0 Å². The Morgan fingerprint density at radius 2 is 0.290 bits per heavy atom. The van der Waals surface area contributed by atoms with E-state index in [0.717, 1.165) is 68.2 Å². The summed E-state index contributed by atoms with van der Waals surface area (Å²) >= 11 is 0. The molecule has 0 radical (unpaired) electrons. The number of aromatic nitrogens is 4. The number of aromatic amines is 2. The van der Waals surface area contributed by atoms with Gasteiger partial charge in [-0.05, 0) is 340 Å². The van der Waals surface area contributed by atoms with Crippen LogP contribution in [0.3, 0.4) is 0 Å². The van der Waals surface area contributed by atoms with Crippen molar-refractivity contribution in [3.63, 3.8) is 0 Å². The first-order valence-electron chi connectivity index (χ1n) is 38.9. The van der Waals surface area contributed by atoms with E-state index in [9.17, 15) is 42.1 Å². The van der Waals surface area contributed by atoms with Crippen molar-refractivity contribution in [1.29, 1.82) is 42.1 Å². The molecule has 0 fully saturated rings. The maximum Gasteiger partial charge on any atom is 0.0991 e. The minimum atomic E-state index is 0.517. The summed E-state index contributed by atoms with van der Waals surface area (Å²) < 4.78 is 0. The highest BCUT2D eigenvalue weighted by atomic mass is 15.2. The van der Waals surface area contributed by atoms with Gasteiger partial charge in [0, 0.05) is 90.5 Å². The molecule has 8 bridgehead atoms. The molecular formula is C108H58N16. The second kappa shape index (κ2) is 35.0. The molecule has 2 aliphatic rings. The van der Waals surface area contributed by atoms with Gasteiger partial charge in [0.2, 0.25) is 0 Å². The number of rotatable bonds is 12. The number of nitrogens with zero attached hydrogens (tertiary/aromatic N) is 14. The normalized spacial score (nSPS) is 10.5. The number of H-pyrrole nitrogens is 2. The molecule has 5 heterocycles. The molecule has 0 unspecified atom stereocenters. The van der Waals surface area contributed by atoms with Crippen LogP contribution < -0.4 is 19.6 Å². The molecule has 2 N–H and O–H groups in total. The Morgan fingerprint density at radius 1 is 0.161 bits per heavy atom. The van der Waals surface area contributed by atoms with Gasteiger partial charge in [-0.1, -0.05) is 47.4 Å². The smallest absolute Gasteiger partial charge is 0.0991 e. The van der Waals surface area contributed by atoms with Crippen molar-refractivity contribution in [2.75, 3.05) is 19.6 Å². The van der Waals surface area contributed by atoms with Crippen LogP contribution in [0.2, 0.25) is 0 Å². The second-order valence-corrected chi connectivity index (χ2v) is 28.3. The van der Waals surface area contributed by atoms with Gasteiger partial charge >= 0.3 is 0 Å². The molecule has 0 saturated carbocycles. The molecule has 0 aliphatic carbocycles. The van der Waals surface area contributed by atoms with Gasteiger partial charge in [-0.2, -0.15) is 42.1 Å². The summed E-state index contributed by atoms with van der Waals surface area (Å²) in [6.45, 7) is 0. The monoisotopic (exact) mass is 1580 g/mol. The average molecular weight is 1580 g/mol. The third kappa shape index (κ3) is 16.6. The molecule has 0 saturated heterocycles. The fraction of sp³-hybridized carbons (Fsp3) is 0. The zero-order valence-electron chi connectivity index (χ0n) is 65.6. The Morgan fingerprint density at radius 3 is 0.419 bits per heavy atom. The Kier molecular flexibility index (Phi) is 21.8. The molecule has 12 aromatic carbocycles. The second-order valence-electron chi connectivity index (χ2n) is 28.3. The van der Waals surface area contributed by atoms with Crippen LogP contribution >= 0.6 is 0 Å². The van der Waals surface area contributed by atoms with E-state index < -0.39 is 0 Å². The van der Waals surface area contributed by atoms with Crippen LogP contribution in [0, 0.1) is 138 Å². The highest BCUT2D eigenvalue weighted by Gasteiger charge is 2.21. The van der Waals surface area contributed by atoms with Crippen LogP contribution in [-0.2, 0) is 0 Å². The lowest BCUT2D eigenvalue weighted by Gasteiger charge is -2.25. The summed E-state index contributed by atoms with van der Waals surface area (Å²) in [6.07, 6.45) is 7.72. The summed E-state index contributed by atoms with van der Waals surface area (Å²) in [5.41, 5.74) is 23.4. The van der Waals surface area contributed by atoms with Gasteiger partial charge in [-0.15, -0.1) is 0 Å². The van der Waals surface area contributed by atoms with Gasteiger partial charge in [-0.25, -0.2) is 9.97 Å². The Balaban J connectivity index is 0.838. The van der Waals surface area contributed by atoms with E-state index in [4.69, 9.17) is 9.97 Å². The van der Waals surface area contributed by atoms with E-state index in [2.05, 4.69) is 106 Å². The number of hydrogen-bond acceptors (Lipinski definition) is 14. The van der Waals surface area contributed by atoms with Crippen LogP contribution in [0.1, 0.15) is 112 Å². The summed E-state index contributed by atoms with van der Waals surface area (Å²) in [6, 6.07) is 115. The number of hydrogen-bond donors (Lipinski definition) is 2. The van der Waals surface area contributed by atoms with Gasteiger partial charge in [0.1, 0.15) is 0 Å². The third-order valence-corrected chi connectivity index (χ3v) is 20.6. The molecule has 2 aliphatic heterocycles. The van der Waals surface area contributed by atoms with Crippen LogP contribution in [0.5, 0.6) is 0 Å². The summed E-state index contributed by atoms with van der Waals surface area (Å²) in [4.78, 5) is 26.5. The van der Waals surface area contributed by atoms with Crippen molar-refractivity contribution in [1.82, 2.24) is 19.9 Å². The van der Waals surface area contributed by atoms with Crippen LogP contribution in [0.25, 0.3) is 46.4 Å². The minimum Gasteiger partial charge on any atom is -0.353 e. The zero-order chi connectivity index (χ0) is 84.8. The lowest BCUT2D eigenvalue weighted by Crippen LogP contribution is -2.09. The summed E-state index contributed by atoms with van der Waals surface area (Å²) in [5.74, 6) is 28.2. The van der Waals surface area contributed by atoms with E-state index in [1.807, 2.05) is 262 Å². The Bertz CT molecular complexity index is 6490. The van der Waals surface area contributed by atoms with E-state index in [0.29, 0.717) is 134 Å². The van der Waals surface area contributed by atoms with E-state index in [1.165, 1.54) is 0 Å². The molecule has 16 nitrogen and oxygen atoms in total. The van der Waals surface area contributed by atoms with Gasteiger partial charge in [0.15, 0.2) is 0 Å². The van der Waals surface area contributed by atoms with Crippen molar-refractivity contribution in [2.45, 2.75) is 0 Å². The maximum atomic E-state index is 9.72. The predicted octanol–water partition coefficient (Wildman–Crippen LogP) is 23.1. The molecule has 17 rings (SSSR count). The van der Waals surface area contributed by atoms with Gasteiger partial charge in [-0.3, -0.25) is 0 Å². The first kappa shape index (κ1) is 77.2. The van der Waals surface area contributed by atoms with Crippen LogP contribution in [0.15, 0.2) is 315 Å². The van der Waals surface area contributed by atoms with E-state index in [-0.39, 0.29) is 0 Å². The SMILES string of the molecule is N#Cc1ccc(N(c2ccc(C#N)cc2)c2ccc(C#Cc3c4nc(c(C#Cc5ccc(N(c6ccc(C#N)cc6)c6ccc(C#N)cc6)cc5)c5ccc([nH]5)c(C#Cc5ccc(N(c6ccc(C#N)cc6)c6ccc(C#N)cc6)cc5)c5nc(c(C#Cc6ccc(N(c7ccc(C#N)cc7)c7ccc(C#N)cc7)cc6)c6ccc3[nH]6)C=C5)C=C4)cc2)cc1. The lowest BCUT2D eigenvalue weighted by molar-refractivity contribution is 1.27. The van der Waals surface area contributed by atoms with Crippen molar-refractivity contribution < 1.29 is 0 Å². The highest BCUT2D eigenvalue weighted by Crippen LogP contribution is 2.41. The standard InChI is InChI=1S/C108H58N16/c109-65-77-9-37-89(38-10-77)121(90-39-11-78(66-110)12-40-90)85-29-1-73(2-30-85)25-53-97-101-57-59-103(117-101)98(54-26-74-3-31-86(32-4-74)122(91-41-13-79(67-111)14-42-91)92-43-15-80(68-112)16-44-92)105-61-63-107(119-105)100(56-28-76-7-35-88(36-8-76)124(95-49-21-83(71-115)22-50-95)96-51-23-84(72-116)24-52-96)108-64-62-106(120-108)99(104-60-58-102(97)118-104)55-27-75-5-33-87(34-6-75)123(93-45-17-81(69-113)18-46-93)94-47-19-82(70-114)20-48-94/h1-24,29-52,57-64,117,120H. The molecule has 3 aromatic heterocycles. The van der Waals surface area contributed by atoms with Crippen molar-refractivity contribution in [2.24, 2.45) is 0 Å². The average Bonchev–Trinajstić information content (AvgIpc) is 1.70. The Labute approximate surface area is 715 Å². The number of anilines is 12. The Hall–Kier alpha value is -19.4. The first-order chi connectivity index (χ1) is 61.0. The lowest BCUT2D eigenvalue weighted by atomic mass is 10.1. The third-order valence-electron chi connectivity index (χ3n) is 20.6. The topological polar surface area (TPSA) is 261 Å². The van der Waals surface area contributed by atoms with Crippen LogP contribution in [0.4, 0.5) is 68.2 Å². The molecule has 0 atom stereocenters. The molecular weight excluding hydrogens is 1520 g/mol. The zero-order valence-corrected chi connectivity index (χ0v) is 65.6. The molecule has 0 spiro atoms. The van der Waals surface area contributed by atoms with Crippen molar-refractivity contribution in [3.8, 4) is 95.9 Å². The fourth-order valence-corrected chi connectivity index (χ4v) is 14.3. The number of benzene rings is 12. The molecule has 124 heavy (non-hydrogen) atoms. The van der Waals surface area contributed by atoms with Gasteiger partial charge < -0.3 is 29.6 Å². The van der Waals surface area contributed by atoms with Gasteiger partial charge in [0.05, 0.1) is 160 Å². The number of nitriles is 8. The van der Waals surface area contributed by atoms with Gasteiger partial charge in [0.25, 0.3) is 0 Å². The molecule has 0 amide bonds. The minimum absolute atomic E-state index is 0.517. The maximum absolute atomic E-state index is 9.72. The van der Waals surface area contributed by atoms with E-state index in [1.54, 1.807) is 97.1 Å². The summed E-state index contributed by atoms with van der Waals surface area (Å²) in [7, 11) is 0. The fourth-order valence-electron chi connectivity index (χ4n) is 14.3. The van der Waals surface area contributed by atoms with Crippen molar-refractivity contribution in [3.05, 3.63) is 427 Å². The molecule has 16 heteroatoms. The quantitative estimate of drug-likeness (QED) is 0.108. The first-order valence-corrected chi connectivity index (χ1v) is 38.9. The highest BCUT2D eigenvalue weighted by molar-refractivity contribution is 5.90. The van der Waals surface area contributed by atoms with Crippen LogP contribution in [-0.4, -0.2) is 19.9 Å². The largest absolute Gasteiger partial charge is 0.353 e. The summed E-state index contributed by atoms with van der Waals surface area (Å²) in [5, 5.41) is 77.8. The molecule has 570 valence electrons.